The van der Waals surface area contributed by atoms with Gasteiger partial charge in [-0.1, -0.05) is 6.08 Å². The summed E-state index contributed by atoms with van der Waals surface area (Å²) in [6, 6.07) is 0. The molecule has 0 heterocycles. The van der Waals surface area contributed by atoms with Gasteiger partial charge in [-0.05, 0) is 6.42 Å². The molecule has 0 N–H and O–H groups in total. The van der Waals surface area contributed by atoms with E-state index >= 15 is 0 Å². The van der Waals surface area contributed by atoms with Crippen molar-refractivity contribution in [1.29, 1.82) is 0 Å². The average Bonchev–Trinajstić information content (AvgIpc) is 2.29. The molecule has 0 spiro atoms. The molecular formula is C10H11Cl6F. The van der Waals surface area contributed by atoms with Gasteiger partial charge in [0.15, 0.2) is 0 Å². The van der Waals surface area contributed by atoms with E-state index in [1.807, 2.05) is 0 Å². The van der Waals surface area contributed by atoms with Crippen LogP contribution >= 0.6 is 69.6 Å². The maximum Gasteiger partial charge on any atom is 0.0963 e. The van der Waals surface area contributed by atoms with Crippen LogP contribution in [0.2, 0.25) is 0 Å². The lowest BCUT2D eigenvalue weighted by atomic mass is 9.97. The molecule has 1 saturated carbocycles. The summed E-state index contributed by atoms with van der Waals surface area (Å²) in [5, 5.41) is -2.62. The van der Waals surface area contributed by atoms with Crippen LogP contribution in [0.5, 0.6) is 0 Å². The van der Waals surface area contributed by atoms with Crippen LogP contribution in [0.15, 0.2) is 11.9 Å². The molecule has 2 rings (SSSR count). The summed E-state index contributed by atoms with van der Waals surface area (Å²) in [7, 11) is 0. The lowest BCUT2D eigenvalue weighted by Gasteiger charge is -2.37. The normalized spacial score (nSPS) is 45.2. The van der Waals surface area contributed by atoms with E-state index in [1.165, 1.54) is 0 Å². The number of hydrogen-bond acceptors (Lipinski definition) is 0. The number of alkyl halides is 6. The maximum atomic E-state index is 11.4. The highest BCUT2D eigenvalue weighted by Gasteiger charge is 2.46. The van der Waals surface area contributed by atoms with E-state index in [-0.39, 0.29) is 5.83 Å². The summed E-state index contributed by atoms with van der Waals surface area (Å²) in [5.74, 6) is 0.0602. The maximum absolute atomic E-state index is 11.4. The minimum atomic E-state index is -0.437. The standard InChI is InChI=1S/C6H6Cl6.C4H5F/c7-1-2(8)4(10)6(12)5(11)3(1)9;5-4-2-1-3-4/h1-6H;2H,1,3H2. The van der Waals surface area contributed by atoms with Crippen LogP contribution < -0.4 is 0 Å². The van der Waals surface area contributed by atoms with Crippen LogP contribution in [0, 0.1) is 0 Å². The first-order valence-electron chi connectivity index (χ1n) is 5.05. The van der Waals surface area contributed by atoms with Crippen molar-refractivity contribution in [3.8, 4) is 0 Å². The zero-order valence-corrected chi connectivity index (χ0v) is 13.1. The van der Waals surface area contributed by atoms with Gasteiger partial charge in [-0.25, -0.2) is 4.39 Å². The van der Waals surface area contributed by atoms with Crippen LogP contribution in [0.4, 0.5) is 4.39 Å². The highest BCUT2D eigenvalue weighted by molar-refractivity contribution is 6.45. The van der Waals surface area contributed by atoms with E-state index in [1.54, 1.807) is 6.08 Å². The Labute approximate surface area is 130 Å². The van der Waals surface area contributed by atoms with Crippen molar-refractivity contribution in [2.75, 3.05) is 0 Å². The van der Waals surface area contributed by atoms with Gasteiger partial charge in [0.1, 0.15) is 0 Å². The third kappa shape index (κ3) is 4.19. The molecule has 1 fully saturated rings. The van der Waals surface area contributed by atoms with Gasteiger partial charge in [-0.2, -0.15) is 0 Å². The Hall–Kier alpha value is 1.41. The van der Waals surface area contributed by atoms with Gasteiger partial charge in [-0.15, -0.1) is 69.6 Å². The molecule has 0 nitrogen and oxygen atoms in total. The Bertz CT molecular complexity index is 225. The Morgan fingerprint density at radius 2 is 0.941 bits per heavy atom. The fourth-order valence-corrected chi connectivity index (χ4v) is 3.63. The van der Waals surface area contributed by atoms with Gasteiger partial charge in [0.2, 0.25) is 0 Å². The predicted molar refractivity (Wildman–Crippen MR) is 76.3 cm³/mol. The zero-order chi connectivity index (χ0) is 13.2. The highest BCUT2D eigenvalue weighted by Crippen LogP contribution is 2.39. The summed E-state index contributed by atoms with van der Waals surface area (Å²) < 4.78 is 11.4. The van der Waals surface area contributed by atoms with Gasteiger partial charge in [-0.3, -0.25) is 0 Å². The van der Waals surface area contributed by atoms with Crippen molar-refractivity contribution < 1.29 is 4.39 Å². The molecule has 0 bridgehead atoms. The molecule has 2 aliphatic carbocycles. The van der Waals surface area contributed by atoms with E-state index in [4.69, 9.17) is 69.6 Å². The quantitative estimate of drug-likeness (QED) is 0.514. The number of allylic oxidation sites excluding steroid dienone is 2. The van der Waals surface area contributed by atoms with Crippen LogP contribution in [-0.2, 0) is 0 Å². The topological polar surface area (TPSA) is 0 Å². The van der Waals surface area contributed by atoms with Crippen molar-refractivity contribution in [2.24, 2.45) is 0 Å². The Balaban J connectivity index is 0.000000239. The Morgan fingerprint density at radius 3 is 1.00 bits per heavy atom. The van der Waals surface area contributed by atoms with E-state index in [9.17, 15) is 4.39 Å². The van der Waals surface area contributed by atoms with Crippen molar-refractivity contribution >= 4 is 69.6 Å². The molecule has 0 aliphatic heterocycles. The molecule has 7 heteroatoms. The van der Waals surface area contributed by atoms with E-state index < -0.39 is 32.3 Å². The molecule has 0 unspecified atom stereocenters. The van der Waals surface area contributed by atoms with Crippen molar-refractivity contribution in [3.63, 3.8) is 0 Å². The van der Waals surface area contributed by atoms with Gasteiger partial charge in [0.25, 0.3) is 0 Å². The van der Waals surface area contributed by atoms with Crippen LogP contribution in [-0.4, -0.2) is 32.3 Å². The summed E-state index contributed by atoms with van der Waals surface area (Å²) in [6.45, 7) is 0. The first-order valence-corrected chi connectivity index (χ1v) is 7.67. The second kappa shape index (κ2) is 7.26. The largest absolute Gasteiger partial charge is 0.212 e. The van der Waals surface area contributed by atoms with Gasteiger partial charge in [0.05, 0.1) is 38.1 Å². The zero-order valence-electron chi connectivity index (χ0n) is 8.60. The fraction of sp³-hybridized carbons (Fsp3) is 0.800. The summed E-state index contributed by atoms with van der Waals surface area (Å²) >= 11 is 35.3. The summed E-state index contributed by atoms with van der Waals surface area (Å²) in [6.07, 6.45) is 3.23. The van der Waals surface area contributed by atoms with Crippen molar-refractivity contribution in [3.05, 3.63) is 11.9 Å². The van der Waals surface area contributed by atoms with E-state index in [2.05, 4.69) is 0 Å². The third-order valence-electron chi connectivity index (χ3n) is 2.57. The van der Waals surface area contributed by atoms with Crippen molar-refractivity contribution in [2.45, 2.75) is 45.1 Å². The number of hydrogen-bond donors (Lipinski definition) is 0. The molecule has 0 amide bonds. The van der Waals surface area contributed by atoms with Gasteiger partial charge in [0, 0.05) is 6.42 Å². The first-order chi connectivity index (χ1) is 7.86. The third-order valence-corrected chi connectivity index (χ3v) is 6.61. The number of halogens is 7. The van der Waals surface area contributed by atoms with Gasteiger partial charge >= 0.3 is 0 Å². The lowest BCUT2D eigenvalue weighted by Crippen LogP contribution is -2.52. The molecule has 0 atom stereocenters. The van der Waals surface area contributed by atoms with Crippen LogP contribution in [0.3, 0.4) is 0 Å². The van der Waals surface area contributed by atoms with E-state index in [0.29, 0.717) is 6.42 Å². The summed E-state index contributed by atoms with van der Waals surface area (Å²) in [4.78, 5) is 0. The minimum absolute atomic E-state index is 0.0602. The molecule has 0 aromatic heterocycles. The number of rotatable bonds is 0. The second-order valence-corrected chi connectivity index (χ2v) is 6.88. The monoisotopic (exact) mass is 360 g/mol. The molecule has 17 heavy (non-hydrogen) atoms. The molecular weight excluding hydrogens is 352 g/mol. The van der Waals surface area contributed by atoms with Crippen LogP contribution in [0.25, 0.3) is 0 Å². The summed E-state index contributed by atoms with van der Waals surface area (Å²) in [5.41, 5.74) is 0. The van der Waals surface area contributed by atoms with Crippen LogP contribution in [0.1, 0.15) is 12.8 Å². The molecule has 0 aromatic carbocycles. The first kappa shape index (κ1) is 16.5. The SMILES string of the molecule is ClC1C(Cl)C(Cl)C(Cl)C(Cl)C1Cl.FC1=CCC1. The molecule has 2 aliphatic rings. The minimum Gasteiger partial charge on any atom is -0.212 e. The Kier molecular flexibility index (Phi) is 7.03. The fourth-order valence-electron chi connectivity index (χ4n) is 1.31. The smallest absolute Gasteiger partial charge is 0.0963 e. The lowest BCUT2D eigenvalue weighted by molar-refractivity contribution is 0.544. The van der Waals surface area contributed by atoms with Crippen molar-refractivity contribution in [1.82, 2.24) is 0 Å². The van der Waals surface area contributed by atoms with E-state index in [0.717, 1.165) is 6.42 Å². The van der Waals surface area contributed by atoms with Gasteiger partial charge < -0.3 is 0 Å². The molecule has 0 radical (unpaired) electrons. The molecule has 100 valence electrons. The predicted octanol–water partition coefficient (Wildman–Crippen LogP) is 5.28. The highest BCUT2D eigenvalue weighted by atomic mass is 35.5. The molecule has 0 aromatic rings. The Morgan fingerprint density at radius 1 is 0.765 bits per heavy atom. The average molecular weight is 363 g/mol. The molecule has 0 saturated heterocycles. The second-order valence-electron chi connectivity index (χ2n) is 3.86.